The normalized spacial score (nSPS) is 26.4. The number of benzene rings is 1. The standard InChI is InChI=1S/C13H9F2NO4/c1-6-9(13(6,14)15)12(19)20-16-10(17)7-4-2-3-5-8(7)11(16)18/h2-6,9H,1H3/t6-,9+/m1/s1. The minimum atomic E-state index is -3.14. The lowest BCUT2D eigenvalue weighted by Crippen LogP contribution is -2.33. The number of halogens is 2. The molecule has 1 aliphatic carbocycles. The van der Waals surface area contributed by atoms with Gasteiger partial charge in [-0.05, 0) is 12.1 Å². The van der Waals surface area contributed by atoms with E-state index in [1.54, 1.807) is 12.1 Å². The van der Waals surface area contributed by atoms with Gasteiger partial charge < -0.3 is 4.84 Å². The molecule has 5 nitrogen and oxygen atoms in total. The van der Waals surface area contributed by atoms with Gasteiger partial charge in [0.15, 0.2) is 0 Å². The van der Waals surface area contributed by atoms with Gasteiger partial charge in [0, 0.05) is 5.92 Å². The van der Waals surface area contributed by atoms with Gasteiger partial charge >= 0.3 is 5.97 Å². The zero-order chi connectivity index (χ0) is 14.7. The zero-order valence-corrected chi connectivity index (χ0v) is 10.3. The Morgan fingerprint density at radius 2 is 1.65 bits per heavy atom. The van der Waals surface area contributed by atoms with Crippen LogP contribution in [0.5, 0.6) is 0 Å². The lowest BCUT2D eigenvalue weighted by atomic mass is 10.1. The molecule has 1 saturated carbocycles. The molecule has 0 N–H and O–H groups in total. The van der Waals surface area contributed by atoms with Crippen LogP contribution in [-0.2, 0) is 9.63 Å². The van der Waals surface area contributed by atoms with Crippen LogP contribution in [0.3, 0.4) is 0 Å². The Balaban J connectivity index is 1.80. The third-order valence-corrected chi connectivity index (χ3v) is 3.60. The average Bonchev–Trinajstić information content (AvgIpc) is 2.82. The van der Waals surface area contributed by atoms with E-state index in [9.17, 15) is 23.2 Å². The molecular weight excluding hydrogens is 272 g/mol. The highest BCUT2D eigenvalue weighted by atomic mass is 19.3. The molecule has 1 aliphatic heterocycles. The number of rotatable bonds is 2. The molecule has 1 fully saturated rings. The minimum Gasteiger partial charge on any atom is -0.329 e. The summed E-state index contributed by atoms with van der Waals surface area (Å²) in [7, 11) is 0. The predicted octanol–water partition coefficient (Wildman–Crippen LogP) is 1.64. The van der Waals surface area contributed by atoms with Crippen LogP contribution >= 0.6 is 0 Å². The predicted molar refractivity (Wildman–Crippen MR) is 60.6 cm³/mol. The number of carbonyl (C=O) groups is 3. The van der Waals surface area contributed by atoms with Crippen LogP contribution < -0.4 is 0 Å². The summed E-state index contributed by atoms with van der Waals surface area (Å²) in [6.07, 6.45) is 0. The maximum absolute atomic E-state index is 13.1. The average molecular weight is 281 g/mol. The van der Waals surface area contributed by atoms with Gasteiger partial charge in [-0.25, -0.2) is 13.6 Å². The van der Waals surface area contributed by atoms with E-state index < -0.39 is 35.5 Å². The Hall–Kier alpha value is -2.31. The highest BCUT2D eigenvalue weighted by molar-refractivity contribution is 6.20. The van der Waals surface area contributed by atoms with Crippen LogP contribution in [0.15, 0.2) is 24.3 Å². The summed E-state index contributed by atoms with van der Waals surface area (Å²) < 4.78 is 26.2. The van der Waals surface area contributed by atoms with E-state index in [-0.39, 0.29) is 16.2 Å². The zero-order valence-electron chi connectivity index (χ0n) is 10.3. The van der Waals surface area contributed by atoms with E-state index in [0.717, 1.165) is 0 Å². The van der Waals surface area contributed by atoms with Gasteiger partial charge in [0.2, 0.25) is 0 Å². The van der Waals surface area contributed by atoms with Crippen molar-refractivity contribution in [3.63, 3.8) is 0 Å². The summed E-state index contributed by atoms with van der Waals surface area (Å²) in [5.41, 5.74) is 0.168. The Bertz CT molecular complexity index is 608. The Labute approximate surface area is 112 Å². The second-order valence-corrected chi connectivity index (χ2v) is 4.80. The van der Waals surface area contributed by atoms with E-state index in [4.69, 9.17) is 0 Å². The second-order valence-electron chi connectivity index (χ2n) is 4.80. The number of hydroxylamine groups is 2. The summed E-state index contributed by atoms with van der Waals surface area (Å²) in [6, 6.07) is 5.90. The van der Waals surface area contributed by atoms with E-state index in [0.29, 0.717) is 0 Å². The van der Waals surface area contributed by atoms with Crippen LogP contribution in [0.1, 0.15) is 27.6 Å². The lowest BCUT2D eigenvalue weighted by Gasteiger charge is -2.12. The molecule has 20 heavy (non-hydrogen) atoms. The monoisotopic (exact) mass is 281 g/mol. The topological polar surface area (TPSA) is 63.7 Å². The van der Waals surface area contributed by atoms with Crippen molar-refractivity contribution < 1.29 is 28.0 Å². The first-order valence-corrected chi connectivity index (χ1v) is 5.93. The number of fused-ring (bicyclic) bond motifs is 1. The van der Waals surface area contributed by atoms with Crippen molar-refractivity contribution in [2.45, 2.75) is 12.8 Å². The summed E-state index contributed by atoms with van der Waals surface area (Å²) in [6.45, 7) is 1.20. The molecule has 7 heteroatoms. The molecule has 0 aromatic heterocycles. The highest BCUT2D eigenvalue weighted by Crippen LogP contribution is 2.55. The largest absolute Gasteiger partial charge is 0.342 e. The van der Waals surface area contributed by atoms with Gasteiger partial charge in [-0.1, -0.05) is 24.1 Å². The van der Waals surface area contributed by atoms with Crippen LogP contribution in [0, 0.1) is 11.8 Å². The van der Waals surface area contributed by atoms with Crippen molar-refractivity contribution in [2.75, 3.05) is 0 Å². The van der Waals surface area contributed by atoms with Crippen LogP contribution in [0.2, 0.25) is 0 Å². The lowest BCUT2D eigenvalue weighted by molar-refractivity contribution is -0.172. The van der Waals surface area contributed by atoms with Crippen LogP contribution in [0.25, 0.3) is 0 Å². The summed E-state index contributed by atoms with van der Waals surface area (Å²) in [5.74, 6) is -8.81. The van der Waals surface area contributed by atoms with Crippen LogP contribution in [-0.4, -0.2) is 28.8 Å². The SMILES string of the molecule is C[C@@H]1[C@@H](C(=O)ON2C(=O)c3ccccc3C2=O)C1(F)F. The van der Waals surface area contributed by atoms with Crippen molar-refractivity contribution in [3.8, 4) is 0 Å². The van der Waals surface area contributed by atoms with Crippen molar-refractivity contribution in [2.24, 2.45) is 11.8 Å². The summed E-state index contributed by atoms with van der Waals surface area (Å²) in [5, 5.41) is 0.244. The molecule has 1 heterocycles. The fourth-order valence-corrected chi connectivity index (χ4v) is 2.24. The fourth-order valence-electron chi connectivity index (χ4n) is 2.24. The summed E-state index contributed by atoms with van der Waals surface area (Å²) >= 11 is 0. The highest BCUT2D eigenvalue weighted by Gasteiger charge is 2.71. The number of hydrogen-bond acceptors (Lipinski definition) is 4. The first-order chi connectivity index (χ1) is 9.35. The maximum Gasteiger partial charge on any atom is 0.342 e. The molecule has 104 valence electrons. The molecule has 2 aliphatic rings. The molecule has 0 bridgehead atoms. The first-order valence-electron chi connectivity index (χ1n) is 5.93. The van der Waals surface area contributed by atoms with Gasteiger partial charge in [0.05, 0.1) is 11.1 Å². The third kappa shape index (κ3) is 1.55. The van der Waals surface area contributed by atoms with Crippen molar-refractivity contribution in [3.05, 3.63) is 35.4 Å². The number of carbonyl (C=O) groups excluding carboxylic acids is 3. The Morgan fingerprint density at radius 1 is 1.20 bits per heavy atom. The molecule has 2 atom stereocenters. The van der Waals surface area contributed by atoms with E-state index in [1.165, 1.54) is 19.1 Å². The van der Waals surface area contributed by atoms with Gasteiger partial charge in [-0.3, -0.25) is 9.59 Å². The Kier molecular flexibility index (Phi) is 2.44. The first kappa shape index (κ1) is 12.7. The van der Waals surface area contributed by atoms with Crippen LogP contribution in [0.4, 0.5) is 8.78 Å². The molecular formula is C13H9F2NO4. The number of amides is 2. The molecule has 0 spiro atoms. The number of imide groups is 1. The van der Waals surface area contributed by atoms with E-state index in [1.807, 2.05) is 0 Å². The van der Waals surface area contributed by atoms with Gasteiger partial charge in [-0.2, -0.15) is 0 Å². The van der Waals surface area contributed by atoms with Gasteiger partial charge in [0.25, 0.3) is 17.7 Å². The number of nitrogens with zero attached hydrogens (tertiary/aromatic N) is 1. The third-order valence-electron chi connectivity index (χ3n) is 3.60. The molecule has 0 saturated heterocycles. The fraction of sp³-hybridized carbons (Fsp3) is 0.308. The molecule has 1 aromatic carbocycles. The molecule has 0 unspecified atom stereocenters. The van der Waals surface area contributed by atoms with Gasteiger partial charge in [-0.15, -0.1) is 0 Å². The molecule has 3 rings (SSSR count). The molecule has 1 aromatic rings. The van der Waals surface area contributed by atoms with E-state index >= 15 is 0 Å². The maximum atomic E-state index is 13.1. The number of alkyl halides is 2. The van der Waals surface area contributed by atoms with E-state index in [2.05, 4.69) is 4.84 Å². The van der Waals surface area contributed by atoms with Crippen molar-refractivity contribution in [1.82, 2.24) is 5.06 Å². The van der Waals surface area contributed by atoms with Crippen molar-refractivity contribution in [1.29, 1.82) is 0 Å². The Morgan fingerprint density at radius 3 is 2.05 bits per heavy atom. The summed E-state index contributed by atoms with van der Waals surface area (Å²) in [4.78, 5) is 39.9. The molecule has 0 radical (unpaired) electrons. The minimum absolute atomic E-state index is 0.0842. The quantitative estimate of drug-likeness (QED) is 0.773. The molecule has 2 amide bonds. The second kappa shape index (κ2) is 3.84. The number of hydrogen-bond donors (Lipinski definition) is 0. The van der Waals surface area contributed by atoms with Crippen molar-refractivity contribution >= 4 is 17.8 Å². The van der Waals surface area contributed by atoms with Gasteiger partial charge in [0.1, 0.15) is 5.92 Å². The smallest absolute Gasteiger partial charge is 0.329 e.